The maximum absolute atomic E-state index is 12.4. The van der Waals surface area contributed by atoms with Crippen molar-refractivity contribution in [3.63, 3.8) is 0 Å². The van der Waals surface area contributed by atoms with Gasteiger partial charge >= 0.3 is 5.95 Å². The van der Waals surface area contributed by atoms with Crippen molar-refractivity contribution in [2.75, 3.05) is 27.3 Å². The molecule has 35 heavy (non-hydrogen) atoms. The van der Waals surface area contributed by atoms with Crippen LogP contribution in [0.2, 0.25) is 37.8 Å². The van der Waals surface area contributed by atoms with Gasteiger partial charge in [-0.1, -0.05) is 26.8 Å². The molecule has 1 unspecified atom stereocenters. The first kappa shape index (κ1) is 31.7. The summed E-state index contributed by atoms with van der Waals surface area (Å²) in [6.07, 6.45) is 3.38. The zero-order valence-electron chi connectivity index (χ0n) is 24.5. The van der Waals surface area contributed by atoms with Gasteiger partial charge in [-0.05, 0) is 75.8 Å². The summed E-state index contributed by atoms with van der Waals surface area (Å²) in [5.74, 6) is 0.539. The van der Waals surface area contributed by atoms with E-state index in [-0.39, 0.29) is 28.6 Å². The summed E-state index contributed by atoms with van der Waals surface area (Å²) in [6.45, 7) is 27.0. The third kappa shape index (κ3) is 10.3. The molecule has 1 fully saturated rings. The molecule has 1 amide bonds. The first-order valence-electron chi connectivity index (χ1n) is 12.8. The summed E-state index contributed by atoms with van der Waals surface area (Å²) in [5, 5.41) is 0.0775. The van der Waals surface area contributed by atoms with Gasteiger partial charge in [0, 0.05) is 26.4 Å². The zero-order valence-corrected chi connectivity index (χ0v) is 26.5. The normalized spacial score (nSPS) is 19.8. The molecule has 0 aliphatic carbocycles. The van der Waals surface area contributed by atoms with Crippen molar-refractivity contribution in [3.8, 4) is 0 Å². The number of carbonyl (C=O) groups excluding carboxylic acids is 1. The first-order chi connectivity index (χ1) is 15.8. The SMILES string of the molecule is C=C[C@H](O[Si](C)(C)C(C)(C)C)[C@H](CC(=C=C(OCC)O[Si](C)(C)C)CCC(=O)N(C)C)C1(C)CO1. The Labute approximate surface area is 217 Å². The van der Waals surface area contributed by atoms with Gasteiger partial charge in [0.05, 0.1) is 24.9 Å². The third-order valence-electron chi connectivity index (χ3n) is 6.81. The van der Waals surface area contributed by atoms with E-state index in [2.05, 4.69) is 72.7 Å². The maximum atomic E-state index is 12.4. The fraction of sp³-hybridized carbons (Fsp3) is 0.778. The second-order valence-electron chi connectivity index (χ2n) is 12.4. The molecule has 202 valence electrons. The van der Waals surface area contributed by atoms with E-state index in [1.165, 1.54) is 0 Å². The number of carbonyl (C=O) groups is 1. The minimum atomic E-state index is -2.05. The van der Waals surface area contributed by atoms with Crippen molar-refractivity contribution in [2.24, 2.45) is 5.92 Å². The lowest BCUT2D eigenvalue weighted by atomic mass is 9.82. The Kier molecular flexibility index (Phi) is 11.1. The molecule has 3 atom stereocenters. The maximum Gasteiger partial charge on any atom is 0.313 e. The number of hydrogen-bond donors (Lipinski definition) is 0. The molecule has 0 aromatic heterocycles. The molecule has 0 spiro atoms. The van der Waals surface area contributed by atoms with E-state index in [9.17, 15) is 4.79 Å². The Bertz CT molecular complexity index is 797. The quantitative estimate of drug-likeness (QED) is 0.0854. The molecule has 1 rings (SSSR count). The van der Waals surface area contributed by atoms with Gasteiger partial charge in [0.25, 0.3) is 0 Å². The van der Waals surface area contributed by atoms with Gasteiger partial charge in [0.1, 0.15) is 0 Å². The van der Waals surface area contributed by atoms with Crippen LogP contribution in [0.15, 0.2) is 29.9 Å². The van der Waals surface area contributed by atoms with Crippen LogP contribution in [0.25, 0.3) is 0 Å². The van der Waals surface area contributed by atoms with Crippen LogP contribution in [0.3, 0.4) is 0 Å². The molecule has 6 nitrogen and oxygen atoms in total. The number of amides is 1. The van der Waals surface area contributed by atoms with Crippen LogP contribution in [0.1, 0.15) is 53.9 Å². The van der Waals surface area contributed by atoms with Gasteiger partial charge in [-0.25, -0.2) is 0 Å². The second-order valence-corrected chi connectivity index (χ2v) is 21.6. The van der Waals surface area contributed by atoms with Crippen LogP contribution < -0.4 is 0 Å². The molecule has 0 aromatic rings. The molecule has 0 bridgehead atoms. The highest BCUT2D eigenvalue weighted by molar-refractivity contribution is 6.74. The lowest BCUT2D eigenvalue weighted by Crippen LogP contribution is -2.47. The Morgan fingerprint density at radius 3 is 2.17 bits per heavy atom. The highest BCUT2D eigenvalue weighted by Crippen LogP contribution is 2.45. The van der Waals surface area contributed by atoms with E-state index in [4.69, 9.17) is 18.3 Å². The van der Waals surface area contributed by atoms with Gasteiger partial charge in [0.15, 0.2) is 8.32 Å². The average molecular weight is 526 g/mol. The minimum Gasteiger partial charge on any atom is -0.514 e. The molecule has 0 radical (unpaired) electrons. The first-order valence-corrected chi connectivity index (χ1v) is 19.1. The van der Waals surface area contributed by atoms with Gasteiger partial charge in [0.2, 0.25) is 14.2 Å². The minimum absolute atomic E-state index is 0.0424. The summed E-state index contributed by atoms with van der Waals surface area (Å²) in [7, 11) is -0.390. The van der Waals surface area contributed by atoms with E-state index in [1.807, 2.05) is 13.0 Å². The molecular formula is C27H51NO5Si2. The fourth-order valence-electron chi connectivity index (χ4n) is 3.43. The third-order valence-corrected chi connectivity index (χ3v) is 12.1. The Morgan fingerprint density at radius 2 is 1.77 bits per heavy atom. The van der Waals surface area contributed by atoms with E-state index in [0.717, 1.165) is 5.57 Å². The van der Waals surface area contributed by atoms with Crippen LogP contribution in [0.4, 0.5) is 0 Å². The number of hydrogen-bond acceptors (Lipinski definition) is 5. The van der Waals surface area contributed by atoms with Crippen molar-refractivity contribution < 1.29 is 23.1 Å². The molecule has 1 aliphatic heterocycles. The number of ether oxygens (including phenoxy) is 2. The highest BCUT2D eigenvalue weighted by Gasteiger charge is 2.52. The monoisotopic (exact) mass is 525 g/mol. The van der Waals surface area contributed by atoms with Crippen molar-refractivity contribution in [1.29, 1.82) is 0 Å². The van der Waals surface area contributed by atoms with Crippen molar-refractivity contribution >= 4 is 22.5 Å². The number of nitrogens with zero attached hydrogens (tertiary/aromatic N) is 1. The van der Waals surface area contributed by atoms with Crippen LogP contribution in [-0.4, -0.2) is 66.5 Å². The standard InChI is InChI=1S/C27H51NO5Si2/c1-14-23(32-35(12,13)26(3,4)5)22(27(6)20-31-27)18-21(16-17-24(29)28(7)8)19-25(30-15-2)33-34(9,10)11/h14,22-23H,1,15-18,20H2,2-13H3/t19?,22-,23-,27?/m0/s1. The van der Waals surface area contributed by atoms with Gasteiger partial charge in [-0.3, -0.25) is 4.79 Å². The molecular weight excluding hydrogens is 474 g/mol. The fourth-order valence-corrected chi connectivity index (χ4v) is 5.39. The number of epoxide rings is 1. The largest absolute Gasteiger partial charge is 0.514 e. The summed E-state index contributed by atoms with van der Waals surface area (Å²) in [4.78, 5) is 14.1. The van der Waals surface area contributed by atoms with Crippen molar-refractivity contribution in [2.45, 2.75) is 103 Å². The Hall–Kier alpha value is -1.32. The molecule has 1 aliphatic rings. The van der Waals surface area contributed by atoms with E-state index in [1.54, 1.807) is 19.0 Å². The predicted octanol–water partition coefficient (Wildman–Crippen LogP) is 6.48. The zero-order chi connectivity index (χ0) is 27.2. The van der Waals surface area contributed by atoms with E-state index in [0.29, 0.717) is 38.4 Å². The summed E-state index contributed by atoms with van der Waals surface area (Å²) < 4.78 is 24.8. The predicted molar refractivity (Wildman–Crippen MR) is 149 cm³/mol. The molecule has 1 heterocycles. The van der Waals surface area contributed by atoms with Gasteiger partial charge < -0.3 is 23.2 Å². The highest BCUT2D eigenvalue weighted by atomic mass is 28.4. The molecule has 8 heteroatoms. The Balaban J connectivity index is 3.45. The lowest BCUT2D eigenvalue weighted by Gasteiger charge is -2.41. The van der Waals surface area contributed by atoms with Gasteiger partial charge in [-0.2, -0.15) is 0 Å². The van der Waals surface area contributed by atoms with E-state index >= 15 is 0 Å². The van der Waals surface area contributed by atoms with Crippen LogP contribution in [0.5, 0.6) is 0 Å². The average Bonchev–Trinajstić information content (AvgIpc) is 3.44. The molecule has 0 N–H and O–H groups in total. The topological polar surface area (TPSA) is 60.5 Å². The van der Waals surface area contributed by atoms with Crippen LogP contribution in [-0.2, 0) is 23.1 Å². The summed E-state index contributed by atoms with van der Waals surface area (Å²) in [5.41, 5.74) is 4.11. The van der Waals surface area contributed by atoms with E-state index < -0.39 is 16.6 Å². The molecule has 0 aromatic carbocycles. The number of rotatable bonds is 14. The Morgan fingerprint density at radius 1 is 1.20 bits per heavy atom. The van der Waals surface area contributed by atoms with Crippen LogP contribution in [0, 0.1) is 5.92 Å². The van der Waals surface area contributed by atoms with Crippen molar-refractivity contribution in [1.82, 2.24) is 4.90 Å². The summed E-state index contributed by atoms with van der Waals surface area (Å²) in [6, 6.07) is 0. The van der Waals surface area contributed by atoms with Crippen LogP contribution >= 0.6 is 0 Å². The van der Waals surface area contributed by atoms with Gasteiger partial charge in [-0.15, -0.1) is 6.58 Å². The van der Waals surface area contributed by atoms with Crippen molar-refractivity contribution in [3.05, 3.63) is 29.9 Å². The lowest BCUT2D eigenvalue weighted by molar-refractivity contribution is -0.128. The second kappa shape index (κ2) is 12.3. The number of allylic oxidation sites excluding steroid dienone is 1. The molecule has 0 saturated carbocycles. The smallest absolute Gasteiger partial charge is 0.313 e. The summed E-state index contributed by atoms with van der Waals surface area (Å²) >= 11 is 0. The molecule has 1 saturated heterocycles.